The summed E-state index contributed by atoms with van der Waals surface area (Å²) in [5, 5.41) is 0. The second-order valence-corrected chi connectivity index (χ2v) is 7.00. The fraction of sp³-hybridized carbons (Fsp3) is 0.632. The number of likely N-dealkylation sites (tertiary alicyclic amines) is 1. The molecule has 0 N–H and O–H groups in total. The van der Waals surface area contributed by atoms with Crippen LogP contribution >= 0.6 is 24.0 Å². The predicted octanol–water partition coefficient (Wildman–Crippen LogP) is 3.00. The van der Waals surface area contributed by atoms with Gasteiger partial charge in [-0.05, 0) is 49.5 Å². The molecule has 2 rings (SSSR count). The Morgan fingerprint density at radius 2 is 1.64 bits per heavy atom. The van der Waals surface area contributed by atoms with Crippen LogP contribution in [0.3, 0.4) is 0 Å². The molecular weight excluding hydrogens is 427 g/mol. The van der Waals surface area contributed by atoms with Crippen LogP contribution in [0.5, 0.6) is 5.75 Å². The third kappa shape index (κ3) is 7.01. The lowest BCUT2D eigenvalue weighted by molar-refractivity contribution is 0.180. The molecule has 1 aliphatic heterocycles. The first-order valence-corrected chi connectivity index (χ1v) is 8.74. The van der Waals surface area contributed by atoms with Crippen molar-refractivity contribution in [2.24, 2.45) is 10.9 Å². The van der Waals surface area contributed by atoms with Crippen molar-refractivity contribution in [1.29, 1.82) is 0 Å². The molecule has 1 fully saturated rings. The lowest BCUT2D eigenvalue weighted by atomic mass is 9.96. The van der Waals surface area contributed by atoms with E-state index in [1.807, 2.05) is 12.1 Å². The van der Waals surface area contributed by atoms with E-state index in [1.165, 1.54) is 18.4 Å². The van der Waals surface area contributed by atoms with Crippen molar-refractivity contribution in [3.05, 3.63) is 29.8 Å². The highest BCUT2D eigenvalue weighted by atomic mass is 127. The Labute approximate surface area is 170 Å². The lowest BCUT2D eigenvalue weighted by Gasteiger charge is -2.32. The average molecular weight is 460 g/mol. The molecule has 0 bridgehead atoms. The highest BCUT2D eigenvalue weighted by Gasteiger charge is 2.19. The number of halogens is 1. The summed E-state index contributed by atoms with van der Waals surface area (Å²) in [4.78, 5) is 11.5. The smallest absolute Gasteiger partial charge is 0.195 e. The summed E-state index contributed by atoms with van der Waals surface area (Å²) in [5.41, 5.74) is 1.36. The van der Waals surface area contributed by atoms with Crippen molar-refractivity contribution >= 4 is 29.9 Å². The minimum Gasteiger partial charge on any atom is -0.497 e. The molecule has 0 spiro atoms. The van der Waals surface area contributed by atoms with E-state index in [0.29, 0.717) is 5.92 Å². The summed E-state index contributed by atoms with van der Waals surface area (Å²) in [5.74, 6) is 2.68. The maximum Gasteiger partial charge on any atom is 0.195 e. The fourth-order valence-electron chi connectivity index (χ4n) is 3.21. The normalized spacial score (nSPS) is 15.2. The topological polar surface area (TPSA) is 31.3 Å². The van der Waals surface area contributed by atoms with Crippen molar-refractivity contribution in [2.75, 3.05) is 54.9 Å². The van der Waals surface area contributed by atoms with Crippen molar-refractivity contribution in [1.82, 2.24) is 14.7 Å². The number of nitrogens with zero attached hydrogens (tertiary/aromatic N) is 4. The van der Waals surface area contributed by atoms with E-state index in [2.05, 4.69) is 55.0 Å². The number of benzene rings is 1. The van der Waals surface area contributed by atoms with Gasteiger partial charge < -0.3 is 14.5 Å². The third-order valence-corrected chi connectivity index (χ3v) is 4.56. The molecule has 25 heavy (non-hydrogen) atoms. The van der Waals surface area contributed by atoms with E-state index in [1.54, 1.807) is 7.11 Å². The summed E-state index contributed by atoms with van der Waals surface area (Å²) in [6, 6.07) is 8.41. The molecule has 0 aromatic heterocycles. The first kappa shape index (κ1) is 22.0. The van der Waals surface area contributed by atoms with Crippen LogP contribution in [0, 0.1) is 5.92 Å². The van der Waals surface area contributed by atoms with Crippen LogP contribution in [0.1, 0.15) is 18.4 Å². The minimum absolute atomic E-state index is 0. The molecule has 0 amide bonds. The molecule has 5 nitrogen and oxygen atoms in total. The average Bonchev–Trinajstić information content (AvgIpc) is 2.56. The molecule has 0 unspecified atom stereocenters. The number of piperidine rings is 1. The van der Waals surface area contributed by atoms with Gasteiger partial charge in [-0.25, -0.2) is 0 Å². The Balaban J connectivity index is 0.00000312. The van der Waals surface area contributed by atoms with Gasteiger partial charge in [-0.1, -0.05) is 12.1 Å². The molecular formula is C19H33IN4O. The quantitative estimate of drug-likeness (QED) is 0.384. The van der Waals surface area contributed by atoms with Gasteiger partial charge in [-0.3, -0.25) is 9.89 Å². The predicted molar refractivity (Wildman–Crippen MR) is 116 cm³/mol. The monoisotopic (exact) mass is 460 g/mol. The highest BCUT2D eigenvalue weighted by molar-refractivity contribution is 14.0. The zero-order valence-electron chi connectivity index (χ0n) is 16.2. The Kier molecular flexibility index (Phi) is 9.56. The second-order valence-electron chi connectivity index (χ2n) is 7.00. The van der Waals surface area contributed by atoms with E-state index < -0.39 is 0 Å². The largest absolute Gasteiger partial charge is 0.497 e. The van der Waals surface area contributed by atoms with Gasteiger partial charge in [0.05, 0.1) is 7.11 Å². The molecule has 0 atom stereocenters. The van der Waals surface area contributed by atoms with Gasteiger partial charge in [-0.2, -0.15) is 0 Å². The Morgan fingerprint density at radius 1 is 1.08 bits per heavy atom. The van der Waals surface area contributed by atoms with Gasteiger partial charge in [0.1, 0.15) is 5.75 Å². The molecule has 1 aromatic rings. The van der Waals surface area contributed by atoms with Crippen LogP contribution in [-0.2, 0) is 6.54 Å². The standard InChI is InChI=1S/C19H32N4O.HI/c1-21(2)19(22(3)4)20-14-16-10-12-23(13-11-16)15-17-6-8-18(24-5)9-7-17;/h6-9,16H,10-15H2,1-5H3;1H. The van der Waals surface area contributed by atoms with Crippen LogP contribution in [0.25, 0.3) is 0 Å². The van der Waals surface area contributed by atoms with Crippen LogP contribution in [0.4, 0.5) is 0 Å². The first-order valence-electron chi connectivity index (χ1n) is 8.74. The van der Waals surface area contributed by atoms with Crippen molar-refractivity contribution in [2.45, 2.75) is 19.4 Å². The van der Waals surface area contributed by atoms with E-state index in [4.69, 9.17) is 9.73 Å². The molecule has 1 saturated heterocycles. The highest BCUT2D eigenvalue weighted by Crippen LogP contribution is 2.20. The molecule has 6 heteroatoms. The summed E-state index contributed by atoms with van der Waals surface area (Å²) >= 11 is 0. The minimum atomic E-state index is 0. The summed E-state index contributed by atoms with van der Waals surface area (Å²) < 4.78 is 5.22. The molecule has 142 valence electrons. The zero-order chi connectivity index (χ0) is 17.5. The molecule has 1 aromatic carbocycles. The summed E-state index contributed by atoms with van der Waals surface area (Å²) in [6.45, 7) is 4.28. The number of rotatable bonds is 5. The van der Waals surface area contributed by atoms with Crippen molar-refractivity contribution in [3.8, 4) is 5.75 Å². The summed E-state index contributed by atoms with van der Waals surface area (Å²) in [7, 11) is 9.92. The fourth-order valence-corrected chi connectivity index (χ4v) is 3.21. The lowest BCUT2D eigenvalue weighted by Crippen LogP contribution is -2.37. The molecule has 0 radical (unpaired) electrons. The number of ether oxygens (including phenoxy) is 1. The second kappa shape index (κ2) is 10.9. The van der Waals surface area contributed by atoms with E-state index in [-0.39, 0.29) is 24.0 Å². The molecule has 1 heterocycles. The number of hydrogen-bond donors (Lipinski definition) is 0. The maximum absolute atomic E-state index is 5.22. The third-order valence-electron chi connectivity index (χ3n) is 4.56. The van der Waals surface area contributed by atoms with Gasteiger partial charge in [0.2, 0.25) is 0 Å². The van der Waals surface area contributed by atoms with Crippen molar-refractivity contribution in [3.63, 3.8) is 0 Å². The van der Waals surface area contributed by atoms with E-state index in [9.17, 15) is 0 Å². The van der Waals surface area contributed by atoms with Crippen LogP contribution in [-0.4, -0.2) is 75.6 Å². The zero-order valence-corrected chi connectivity index (χ0v) is 18.6. The van der Waals surface area contributed by atoms with Gasteiger partial charge in [0.15, 0.2) is 5.96 Å². The number of aliphatic imine (C=N–C) groups is 1. The SMILES string of the molecule is COc1ccc(CN2CCC(CN=C(N(C)C)N(C)C)CC2)cc1.I. The van der Waals surface area contributed by atoms with E-state index >= 15 is 0 Å². The Hall–Kier alpha value is -1.02. The number of methoxy groups -OCH3 is 1. The number of guanidine groups is 1. The van der Waals surface area contributed by atoms with Crippen LogP contribution < -0.4 is 4.74 Å². The first-order chi connectivity index (χ1) is 11.5. The van der Waals surface area contributed by atoms with Gasteiger partial charge in [-0.15, -0.1) is 24.0 Å². The Bertz CT molecular complexity index is 513. The van der Waals surface area contributed by atoms with Gasteiger partial charge >= 0.3 is 0 Å². The summed E-state index contributed by atoms with van der Waals surface area (Å²) in [6.07, 6.45) is 2.46. The van der Waals surface area contributed by atoms with Crippen LogP contribution in [0.2, 0.25) is 0 Å². The molecule has 0 saturated carbocycles. The molecule has 1 aliphatic rings. The van der Waals surface area contributed by atoms with Crippen LogP contribution in [0.15, 0.2) is 29.3 Å². The maximum atomic E-state index is 5.22. The Morgan fingerprint density at radius 3 is 2.12 bits per heavy atom. The van der Waals surface area contributed by atoms with Gasteiger partial charge in [0, 0.05) is 41.3 Å². The molecule has 0 aliphatic carbocycles. The van der Waals surface area contributed by atoms with Crippen molar-refractivity contribution < 1.29 is 4.74 Å². The van der Waals surface area contributed by atoms with E-state index in [0.717, 1.165) is 37.9 Å². The number of hydrogen-bond acceptors (Lipinski definition) is 3. The van der Waals surface area contributed by atoms with Gasteiger partial charge in [0.25, 0.3) is 0 Å².